The molecule has 2 N–H and O–H groups in total. The molecule has 3 aromatic carbocycles. The highest BCUT2D eigenvalue weighted by atomic mass is 16.3. The monoisotopic (exact) mass is 481 g/mol. The lowest BCUT2D eigenvalue weighted by molar-refractivity contribution is -0.109. The van der Waals surface area contributed by atoms with Gasteiger partial charge < -0.3 is 15.1 Å². The Morgan fingerprint density at radius 2 is 1.44 bits per heavy atom. The Labute approximate surface area is 213 Å². The molecule has 36 heavy (non-hydrogen) atoms. The van der Waals surface area contributed by atoms with Gasteiger partial charge in [0.15, 0.2) is 0 Å². The van der Waals surface area contributed by atoms with Crippen molar-refractivity contribution in [2.75, 3.05) is 32.7 Å². The Kier molecular flexibility index (Phi) is 6.48. The lowest BCUT2D eigenvalue weighted by Crippen LogP contribution is -2.57. The van der Waals surface area contributed by atoms with Crippen molar-refractivity contribution in [3.63, 3.8) is 0 Å². The lowest BCUT2D eigenvalue weighted by Gasteiger charge is -2.46. The number of aliphatic hydroxyl groups excluding tert-OH is 1. The minimum atomic E-state index is -1.28. The second-order valence-corrected chi connectivity index (χ2v) is 10.5. The van der Waals surface area contributed by atoms with Crippen LogP contribution in [0.2, 0.25) is 0 Å². The summed E-state index contributed by atoms with van der Waals surface area (Å²) in [6.07, 6.45) is 5.40. The van der Waals surface area contributed by atoms with Crippen molar-refractivity contribution >= 4 is 21.7 Å². The predicted octanol–water partition coefficient (Wildman–Crippen LogP) is 4.87. The number of likely N-dealkylation sites (tertiary alicyclic amines) is 2. The minimum absolute atomic E-state index is 0.489. The van der Waals surface area contributed by atoms with Crippen LogP contribution in [0, 0.1) is 0 Å². The third-order valence-electron chi connectivity index (χ3n) is 8.24. The zero-order chi connectivity index (χ0) is 24.5. The molecule has 3 heterocycles. The summed E-state index contributed by atoms with van der Waals surface area (Å²) in [6, 6.07) is 23.9. The molecule has 0 amide bonds. The van der Waals surface area contributed by atoms with Crippen molar-refractivity contribution in [1.82, 2.24) is 14.8 Å². The van der Waals surface area contributed by atoms with E-state index in [1.54, 1.807) is 6.20 Å². The molecular formula is C31H35N3O2. The SMILES string of the molecule is OC(c1cccc2ccccc12)C(N1CCCC1)C(O)(CN1CCCC1)c1ccnc2ccccc12. The van der Waals surface area contributed by atoms with Crippen LogP contribution >= 0.6 is 0 Å². The van der Waals surface area contributed by atoms with E-state index in [-0.39, 0.29) is 0 Å². The first-order valence-electron chi connectivity index (χ1n) is 13.3. The van der Waals surface area contributed by atoms with Crippen molar-refractivity contribution in [3.8, 4) is 0 Å². The Morgan fingerprint density at radius 3 is 2.25 bits per heavy atom. The summed E-state index contributed by atoms with van der Waals surface area (Å²) in [6.45, 7) is 4.18. The molecule has 0 saturated carbocycles. The van der Waals surface area contributed by atoms with Gasteiger partial charge in [-0.3, -0.25) is 9.88 Å². The van der Waals surface area contributed by atoms with Gasteiger partial charge in [0, 0.05) is 18.1 Å². The first kappa shape index (κ1) is 23.6. The fraction of sp³-hybridized carbons (Fsp3) is 0.387. The fourth-order valence-corrected chi connectivity index (χ4v) is 6.55. The molecule has 2 aliphatic rings. The fourth-order valence-electron chi connectivity index (χ4n) is 6.55. The van der Waals surface area contributed by atoms with E-state index in [1.807, 2.05) is 48.5 Å². The molecule has 0 aliphatic carbocycles. The zero-order valence-corrected chi connectivity index (χ0v) is 20.8. The molecule has 0 bridgehead atoms. The number of benzene rings is 3. The summed E-state index contributed by atoms with van der Waals surface area (Å²) < 4.78 is 0. The Morgan fingerprint density at radius 1 is 0.778 bits per heavy atom. The Hall–Kier alpha value is -2.83. The van der Waals surface area contributed by atoms with Crippen molar-refractivity contribution in [3.05, 3.63) is 90.1 Å². The van der Waals surface area contributed by atoms with Gasteiger partial charge in [0.05, 0.1) is 17.7 Å². The maximum Gasteiger partial charge on any atom is 0.121 e. The average molecular weight is 482 g/mol. The third-order valence-corrected chi connectivity index (χ3v) is 8.24. The van der Waals surface area contributed by atoms with Crippen LogP contribution in [0.3, 0.4) is 0 Å². The predicted molar refractivity (Wildman–Crippen MR) is 145 cm³/mol. The molecule has 3 atom stereocenters. The number of pyridine rings is 1. The molecule has 0 radical (unpaired) electrons. The quantitative estimate of drug-likeness (QED) is 0.394. The molecule has 6 rings (SSSR count). The van der Waals surface area contributed by atoms with Crippen LogP contribution in [-0.4, -0.2) is 63.8 Å². The zero-order valence-electron chi connectivity index (χ0n) is 20.8. The molecule has 5 nitrogen and oxygen atoms in total. The highest BCUT2D eigenvalue weighted by molar-refractivity contribution is 5.86. The minimum Gasteiger partial charge on any atom is -0.387 e. The topological polar surface area (TPSA) is 59.8 Å². The van der Waals surface area contributed by atoms with Crippen LogP contribution in [0.25, 0.3) is 21.7 Å². The maximum absolute atomic E-state index is 13.0. The summed E-state index contributed by atoms with van der Waals surface area (Å²) >= 11 is 0. The van der Waals surface area contributed by atoms with E-state index >= 15 is 0 Å². The van der Waals surface area contributed by atoms with Crippen LogP contribution in [0.5, 0.6) is 0 Å². The first-order chi connectivity index (χ1) is 17.6. The molecular weight excluding hydrogens is 446 g/mol. The van der Waals surface area contributed by atoms with Gasteiger partial charge >= 0.3 is 0 Å². The molecule has 2 fully saturated rings. The summed E-state index contributed by atoms with van der Waals surface area (Å²) in [4.78, 5) is 9.29. The first-order valence-corrected chi connectivity index (χ1v) is 13.3. The number of rotatable bonds is 7. The highest BCUT2D eigenvalue weighted by Gasteiger charge is 2.49. The molecule has 5 heteroatoms. The van der Waals surface area contributed by atoms with Crippen molar-refractivity contribution in [2.45, 2.75) is 43.4 Å². The molecule has 4 aromatic rings. The van der Waals surface area contributed by atoms with Crippen molar-refractivity contribution in [2.24, 2.45) is 0 Å². The number of hydrogen-bond acceptors (Lipinski definition) is 5. The van der Waals surface area contributed by atoms with Gasteiger partial charge in [-0.2, -0.15) is 0 Å². The van der Waals surface area contributed by atoms with E-state index in [2.05, 4.69) is 39.0 Å². The number of aromatic nitrogens is 1. The maximum atomic E-state index is 13.0. The Bertz CT molecular complexity index is 1340. The second kappa shape index (κ2) is 9.91. The van der Waals surface area contributed by atoms with Gasteiger partial charge in [0.25, 0.3) is 0 Å². The molecule has 2 saturated heterocycles. The van der Waals surface area contributed by atoms with Crippen LogP contribution < -0.4 is 0 Å². The van der Waals surface area contributed by atoms with Gasteiger partial charge in [-0.25, -0.2) is 0 Å². The van der Waals surface area contributed by atoms with E-state index in [4.69, 9.17) is 0 Å². The van der Waals surface area contributed by atoms with Gasteiger partial charge in [-0.15, -0.1) is 0 Å². The van der Waals surface area contributed by atoms with Gasteiger partial charge in [0.1, 0.15) is 5.60 Å². The summed E-state index contributed by atoms with van der Waals surface area (Å²) in [5.41, 5.74) is 1.32. The number of fused-ring (bicyclic) bond motifs is 2. The Balaban J connectivity index is 1.55. The van der Waals surface area contributed by atoms with Crippen LogP contribution in [0.1, 0.15) is 42.9 Å². The van der Waals surface area contributed by atoms with E-state index in [1.165, 1.54) is 0 Å². The normalized spacial score (nSPS) is 20.6. The number of nitrogens with zero attached hydrogens (tertiary/aromatic N) is 3. The van der Waals surface area contributed by atoms with Crippen LogP contribution in [0.4, 0.5) is 0 Å². The number of aliphatic hydroxyl groups is 2. The summed E-state index contributed by atoms with van der Waals surface area (Å²) in [7, 11) is 0. The molecule has 0 spiro atoms. The van der Waals surface area contributed by atoms with E-state index < -0.39 is 17.7 Å². The molecule has 186 valence electrons. The molecule has 1 aromatic heterocycles. The standard InChI is InChI=1S/C31H35N3O2/c35-29(25-14-9-11-23-10-1-2-12-24(23)25)30(34-20-7-8-21-34)31(36,22-33-18-5-6-19-33)27-16-17-32-28-15-4-3-13-26(27)28/h1-4,9-17,29-30,35-36H,5-8,18-22H2. The van der Waals surface area contributed by atoms with Crippen molar-refractivity contribution in [1.29, 1.82) is 0 Å². The smallest absolute Gasteiger partial charge is 0.121 e. The average Bonchev–Trinajstić information content (AvgIpc) is 3.63. The lowest BCUT2D eigenvalue weighted by atomic mass is 9.78. The number of β-amino-alcohol motifs (C(OH)–C–C–N with tert-alkyl or cyclic N) is 1. The van der Waals surface area contributed by atoms with Gasteiger partial charge in [0.2, 0.25) is 0 Å². The second-order valence-electron chi connectivity index (χ2n) is 10.5. The van der Waals surface area contributed by atoms with Crippen LogP contribution in [0.15, 0.2) is 79.0 Å². The summed E-state index contributed by atoms with van der Waals surface area (Å²) in [5.74, 6) is 0. The third kappa shape index (κ3) is 4.20. The highest BCUT2D eigenvalue weighted by Crippen LogP contribution is 2.42. The number of para-hydroxylation sites is 1. The number of hydrogen-bond donors (Lipinski definition) is 2. The van der Waals surface area contributed by atoms with Crippen LogP contribution in [-0.2, 0) is 5.60 Å². The molecule has 3 unspecified atom stereocenters. The largest absolute Gasteiger partial charge is 0.387 e. The van der Waals surface area contributed by atoms with E-state index in [0.717, 1.165) is 84.7 Å². The van der Waals surface area contributed by atoms with E-state index in [0.29, 0.717) is 6.54 Å². The summed E-state index contributed by atoms with van der Waals surface area (Å²) in [5, 5.41) is 28.3. The van der Waals surface area contributed by atoms with E-state index in [9.17, 15) is 10.2 Å². The van der Waals surface area contributed by atoms with Gasteiger partial charge in [-0.1, -0.05) is 60.7 Å². The van der Waals surface area contributed by atoms with Crippen molar-refractivity contribution < 1.29 is 10.2 Å². The molecule has 2 aliphatic heterocycles. The van der Waals surface area contributed by atoms with Gasteiger partial charge in [-0.05, 0) is 85.9 Å².